The Morgan fingerprint density at radius 2 is 1.70 bits per heavy atom. The fourth-order valence-corrected chi connectivity index (χ4v) is 2.49. The monoisotopic (exact) mass is 289 g/mol. The van der Waals surface area contributed by atoms with Gasteiger partial charge in [-0.25, -0.2) is 0 Å². The third kappa shape index (κ3) is 5.66. The maximum Gasteiger partial charge on any atom is 0.0701 e. The van der Waals surface area contributed by atoms with Crippen LogP contribution in [-0.4, -0.2) is 65.4 Å². The van der Waals surface area contributed by atoms with Crippen molar-refractivity contribution in [2.24, 2.45) is 5.41 Å². The van der Waals surface area contributed by atoms with E-state index in [-0.39, 0.29) is 5.41 Å². The highest BCUT2D eigenvalue weighted by atomic mass is 16.5. The van der Waals surface area contributed by atoms with Crippen LogP contribution in [0.25, 0.3) is 0 Å². The summed E-state index contributed by atoms with van der Waals surface area (Å²) < 4.78 is 21.4. The second kappa shape index (κ2) is 9.68. The zero-order valence-electron chi connectivity index (χ0n) is 13.4. The van der Waals surface area contributed by atoms with E-state index in [4.69, 9.17) is 18.9 Å². The Morgan fingerprint density at radius 3 is 2.30 bits per heavy atom. The zero-order valence-corrected chi connectivity index (χ0v) is 13.4. The lowest BCUT2D eigenvalue weighted by Gasteiger charge is -2.52. The predicted octanol–water partition coefficient (Wildman–Crippen LogP) is 1.46. The van der Waals surface area contributed by atoms with Crippen LogP contribution in [0.4, 0.5) is 0 Å². The van der Waals surface area contributed by atoms with E-state index in [0.717, 1.165) is 26.2 Å². The van der Waals surface area contributed by atoms with Crippen LogP contribution in [0.5, 0.6) is 0 Å². The Kier molecular flexibility index (Phi) is 8.64. The van der Waals surface area contributed by atoms with Crippen LogP contribution in [0.15, 0.2) is 0 Å². The van der Waals surface area contributed by atoms with Gasteiger partial charge in [0.2, 0.25) is 0 Å². The maximum atomic E-state index is 5.72. The molecule has 1 saturated carbocycles. The molecule has 0 heterocycles. The molecular weight excluding hydrogens is 258 g/mol. The molecule has 0 aromatic heterocycles. The number of rotatable bonds is 12. The molecule has 0 aromatic carbocycles. The lowest BCUT2D eigenvalue weighted by molar-refractivity contribution is -0.114. The average molecular weight is 289 g/mol. The first kappa shape index (κ1) is 17.9. The van der Waals surface area contributed by atoms with Gasteiger partial charge in [-0.1, -0.05) is 13.8 Å². The number of hydrogen-bond acceptors (Lipinski definition) is 5. The Labute approximate surface area is 123 Å². The molecule has 0 aromatic rings. The van der Waals surface area contributed by atoms with Crippen LogP contribution in [0, 0.1) is 5.41 Å². The third-order valence-electron chi connectivity index (χ3n) is 3.99. The molecule has 1 aliphatic carbocycles. The largest absolute Gasteiger partial charge is 0.382 e. The van der Waals surface area contributed by atoms with Crippen molar-refractivity contribution >= 4 is 0 Å². The molecule has 1 N–H and O–H groups in total. The Morgan fingerprint density at radius 1 is 1.05 bits per heavy atom. The van der Waals surface area contributed by atoms with Gasteiger partial charge in [-0.15, -0.1) is 0 Å². The molecule has 0 radical (unpaired) electrons. The van der Waals surface area contributed by atoms with Crippen LogP contribution in [0.1, 0.15) is 27.2 Å². The Hall–Kier alpha value is -0.200. The van der Waals surface area contributed by atoms with Gasteiger partial charge in [-0.3, -0.25) is 0 Å². The van der Waals surface area contributed by atoms with Gasteiger partial charge < -0.3 is 24.3 Å². The molecule has 0 aliphatic heterocycles. The van der Waals surface area contributed by atoms with Crippen molar-refractivity contribution < 1.29 is 18.9 Å². The van der Waals surface area contributed by atoms with Crippen LogP contribution in [0.2, 0.25) is 0 Å². The van der Waals surface area contributed by atoms with Crippen LogP contribution in [0.3, 0.4) is 0 Å². The quantitative estimate of drug-likeness (QED) is 0.551. The van der Waals surface area contributed by atoms with E-state index in [0.29, 0.717) is 38.6 Å². The van der Waals surface area contributed by atoms with E-state index >= 15 is 0 Å². The summed E-state index contributed by atoms with van der Waals surface area (Å²) >= 11 is 0. The van der Waals surface area contributed by atoms with Crippen LogP contribution < -0.4 is 5.32 Å². The molecule has 1 fully saturated rings. The first-order valence-corrected chi connectivity index (χ1v) is 7.62. The van der Waals surface area contributed by atoms with Gasteiger partial charge in [-0.2, -0.15) is 0 Å². The van der Waals surface area contributed by atoms with Crippen molar-refractivity contribution in [2.45, 2.75) is 39.3 Å². The summed E-state index contributed by atoms with van der Waals surface area (Å²) in [4.78, 5) is 0. The smallest absolute Gasteiger partial charge is 0.0701 e. The lowest BCUT2D eigenvalue weighted by Crippen LogP contribution is -2.61. The van der Waals surface area contributed by atoms with Crippen LogP contribution >= 0.6 is 0 Å². The highest BCUT2D eigenvalue weighted by Crippen LogP contribution is 2.42. The zero-order chi connectivity index (χ0) is 14.8. The second-order valence-electron chi connectivity index (χ2n) is 5.73. The summed E-state index contributed by atoms with van der Waals surface area (Å²) in [7, 11) is 1.67. The van der Waals surface area contributed by atoms with E-state index in [1.165, 1.54) is 0 Å². The minimum Gasteiger partial charge on any atom is -0.382 e. The Bertz CT molecular complexity index is 248. The highest BCUT2D eigenvalue weighted by molar-refractivity contribution is 5.02. The van der Waals surface area contributed by atoms with Gasteiger partial charge >= 0.3 is 0 Å². The van der Waals surface area contributed by atoms with Gasteiger partial charge in [0.25, 0.3) is 0 Å². The maximum absolute atomic E-state index is 5.72. The number of hydrogen-bond donors (Lipinski definition) is 1. The minimum absolute atomic E-state index is 0.222. The van der Waals surface area contributed by atoms with Gasteiger partial charge in [0, 0.05) is 31.7 Å². The van der Waals surface area contributed by atoms with Gasteiger partial charge in [-0.05, 0) is 13.3 Å². The summed E-state index contributed by atoms with van der Waals surface area (Å²) in [5, 5.41) is 3.54. The van der Waals surface area contributed by atoms with Crippen molar-refractivity contribution in [1.29, 1.82) is 0 Å². The van der Waals surface area contributed by atoms with Gasteiger partial charge in [0.05, 0.1) is 39.1 Å². The molecule has 5 nitrogen and oxygen atoms in total. The molecule has 0 amide bonds. The lowest BCUT2D eigenvalue weighted by atomic mass is 9.64. The van der Waals surface area contributed by atoms with E-state index in [1.54, 1.807) is 7.11 Å². The molecular formula is C15H31NO4. The summed E-state index contributed by atoms with van der Waals surface area (Å²) in [6.45, 7) is 11.5. The molecule has 0 saturated heterocycles. The van der Waals surface area contributed by atoms with E-state index < -0.39 is 0 Å². The average Bonchev–Trinajstić information content (AvgIpc) is 2.43. The molecule has 0 spiro atoms. The fourth-order valence-electron chi connectivity index (χ4n) is 2.49. The third-order valence-corrected chi connectivity index (χ3v) is 3.99. The summed E-state index contributed by atoms with van der Waals surface area (Å²) in [5.74, 6) is 0. The van der Waals surface area contributed by atoms with Gasteiger partial charge in [0.1, 0.15) is 0 Å². The predicted molar refractivity (Wildman–Crippen MR) is 79.1 cm³/mol. The van der Waals surface area contributed by atoms with E-state index in [9.17, 15) is 0 Å². The van der Waals surface area contributed by atoms with Crippen molar-refractivity contribution in [3.05, 3.63) is 0 Å². The molecule has 20 heavy (non-hydrogen) atoms. The summed E-state index contributed by atoms with van der Waals surface area (Å²) in [6, 6.07) is 0.528. The van der Waals surface area contributed by atoms with Crippen molar-refractivity contribution in [3.63, 3.8) is 0 Å². The number of nitrogens with one attached hydrogen (secondary N) is 1. The van der Waals surface area contributed by atoms with Crippen LogP contribution in [-0.2, 0) is 18.9 Å². The Balaban J connectivity index is 1.92. The number of ether oxygens (including phenoxy) is 4. The molecule has 0 bridgehead atoms. The SMILES string of the molecule is CCOC1CC(NCCOCCOCCOC)C1(C)C. The van der Waals surface area contributed by atoms with Crippen molar-refractivity contribution in [2.75, 3.05) is 53.3 Å². The summed E-state index contributed by atoms with van der Waals surface area (Å²) in [5.41, 5.74) is 0.222. The highest BCUT2D eigenvalue weighted by Gasteiger charge is 2.48. The topological polar surface area (TPSA) is 49.0 Å². The fraction of sp³-hybridized carbons (Fsp3) is 1.00. The van der Waals surface area contributed by atoms with Crippen molar-refractivity contribution in [3.8, 4) is 0 Å². The molecule has 1 aliphatic rings. The standard InChI is InChI=1S/C15H31NO4/c1-5-20-14-12-13(15(14,2)3)16-6-7-18-10-11-19-9-8-17-4/h13-14,16H,5-12H2,1-4H3. The normalized spacial score (nSPS) is 24.6. The first-order valence-electron chi connectivity index (χ1n) is 7.62. The number of methoxy groups -OCH3 is 1. The molecule has 2 atom stereocenters. The molecule has 1 rings (SSSR count). The molecule has 120 valence electrons. The van der Waals surface area contributed by atoms with Crippen molar-refractivity contribution in [1.82, 2.24) is 5.32 Å². The van der Waals surface area contributed by atoms with E-state index in [2.05, 4.69) is 26.1 Å². The molecule has 5 heteroatoms. The van der Waals surface area contributed by atoms with Gasteiger partial charge in [0.15, 0.2) is 0 Å². The summed E-state index contributed by atoms with van der Waals surface area (Å²) in [6.07, 6.45) is 1.49. The first-order chi connectivity index (χ1) is 9.62. The minimum atomic E-state index is 0.222. The van der Waals surface area contributed by atoms with E-state index in [1.807, 2.05) is 0 Å². The molecule has 2 unspecified atom stereocenters. The second-order valence-corrected chi connectivity index (χ2v) is 5.73.